The minimum Gasteiger partial charge on any atom is -0.396 e. The Hall–Kier alpha value is -0.0800. The van der Waals surface area contributed by atoms with Crippen LogP contribution in [0.5, 0.6) is 0 Å². The summed E-state index contributed by atoms with van der Waals surface area (Å²) in [7, 11) is 0. The van der Waals surface area contributed by atoms with Crippen LogP contribution in [0.1, 0.15) is 47.0 Å². The lowest BCUT2D eigenvalue weighted by Gasteiger charge is -2.30. The highest BCUT2D eigenvalue weighted by Gasteiger charge is 2.34. The van der Waals surface area contributed by atoms with Gasteiger partial charge in [0.1, 0.15) is 0 Å². The first-order valence-corrected chi connectivity index (χ1v) is 6.43. The SMILES string of the molecule is CC(C)C(CCO)NC(C(C)C)C1CC1. The van der Waals surface area contributed by atoms with E-state index in [1.807, 2.05) is 0 Å². The molecule has 0 saturated heterocycles. The van der Waals surface area contributed by atoms with Crippen molar-refractivity contribution < 1.29 is 5.11 Å². The van der Waals surface area contributed by atoms with Crippen LogP contribution in [-0.4, -0.2) is 23.8 Å². The fraction of sp³-hybridized carbons (Fsp3) is 1.00. The third-order valence-corrected chi connectivity index (χ3v) is 3.50. The summed E-state index contributed by atoms with van der Waals surface area (Å²) in [4.78, 5) is 0. The summed E-state index contributed by atoms with van der Waals surface area (Å²) in [6.07, 6.45) is 3.66. The normalized spacial score (nSPS) is 21.0. The van der Waals surface area contributed by atoms with Gasteiger partial charge in [0.2, 0.25) is 0 Å². The van der Waals surface area contributed by atoms with E-state index >= 15 is 0 Å². The highest BCUT2D eigenvalue weighted by molar-refractivity contribution is 4.90. The maximum atomic E-state index is 9.05. The van der Waals surface area contributed by atoms with E-state index in [0.717, 1.165) is 12.3 Å². The summed E-state index contributed by atoms with van der Waals surface area (Å²) in [5.74, 6) is 2.21. The second-order valence-electron chi connectivity index (χ2n) is 5.64. The van der Waals surface area contributed by atoms with Gasteiger partial charge in [0.15, 0.2) is 0 Å². The van der Waals surface area contributed by atoms with Crippen LogP contribution in [0.15, 0.2) is 0 Å². The molecule has 2 unspecified atom stereocenters. The molecule has 90 valence electrons. The third-order valence-electron chi connectivity index (χ3n) is 3.50. The smallest absolute Gasteiger partial charge is 0.0445 e. The molecule has 0 aromatic carbocycles. The van der Waals surface area contributed by atoms with Crippen LogP contribution in [0.25, 0.3) is 0 Å². The Balaban J connectivity index is 2.45. The van der Waals surface area contributed by atoms with Crippen molar-refractivity contribution in [3.8, 4) is 0 Å². The highest BCUT2D eigenvalue weighted by Crippen LogP contribution is 2.36. The maximum absolute atomic E-state index is 9.05. The number of rotatable bonds is 7. The summed E-state index contributed by atoms with van der Waals surface area (Å²) in [6, 6.07) is 1.13. The number of aliphatic hydroxyl groups excluding tert-OH is 1. The Morgan fingerprint density at radius 3 is 2.07 bits per heavy atom. The van der Waals surface area contributed by atoms with Gasteiger partial charge in [0, 0.05) is 18.7 Å². The van der Waals surface area contributed by atoms with Crippen molar-refractivity contribution in [1.29, 1.82) is 0 Å². The van der Waals surface area contributed by atoms with E-state index in [2.05, 4.69) is 33.0 Å². The lowest BCUT2D eigenvalue weighted by atomic mass is 9.94. The van der Waals surface area contributed by atoms with Crippen molar-refractivity contribution in [3.05, 3.63) is 0 Å². The first-order valence-electron chi connectivity index (χ1n) is 6.43. The van der Waals surface area contributed by atoms with Crippen LogP contribution in [0.2, 0.25) is 0 Å². The van der Waals surface area contributed by atoms with Crippen molar-refractivity contribution >= 4 is 0 Å². The predicted octanol–water partition coefficient (Wildman–Crippen LogP) is 2.42. The zero-order valence-electron chi connectivity index (χ0n) is 10.7. The molecule has 0 spiro atoms. The first-order chi connectivity index (χ1) is 7.06. The summed E-state index contributed by atoms with van der Waals surface area (Å²) >= 11 is 0. The van der Waals surface area contributed by atoms with Crippen LogP contribution in [0.3, 0.4) is 0 Å². The molecule has 0 bridgehead atoms. The molecular weight excluding hydrogens is 186 g/mol. The van der Waals surface area contributed by atoms with Gasteiger partial charge in [0.05, 0.1) is 0 Å². The molecule has 2 atom stereocenters. The maximum Gasteiger partial charge on any atom is 0.0445 e. The number of hydrogen-bond acceptors (Lipinski definition) is 2. The molecular formula is C13H27NO. The standard InChI is InChI=1S/C13H27NO/c1-9(2)12(7-8-15)14-13(10(3)4)11-5-6-11/h9-15H,5-8H2,1-4H3. The quantitative estimate of drug-likeness (QED) is 0.681. The average Bonchev–Trinajstić information content (AvgIpc) is 2.94. The summed E-state index contributed by atoms with van der Waals surface area (Å²) in [6.45, 7) is 9.36. The Bertz CT molecular complexity index is 173. The monoisotopic (exact) mass is 213 g/mol. The molecule has 2 N–H and O–H groups in total. The molecule has 1 aliphatic rings. The minimum atomic E-state index is 0.297. The molecule has 0 amide bonds. The van der Waals surface area contributed by atoms with Crippen molar-refractivity contribution in [2.75, 3.05) is 6.61 Å². The van der Waals surface area contributed by atoms with Gasteiger partial charge >= 0.3 is 0 Å². The molecule has 2 heteroatoms. The molecule has 1 aliphatic carbocycles. The highest BCUT2D eigenvalue weighted by atomic mass is 16.3. The Labute approximate surface area is 94.5 Å². The molecule has 2 nitrogen and oxygen atoms in total. The van der Waals surface area contributed by atoms with Crippen LogP contribution in [-0.2, 0) is 0 Å². The second-order valence-corrected chi connectivity index (χ2v) is 5.64. The fourth-order valence-corrected chi connectivity index (χ4v) is 2.32. The van der Waals surface area contributed by atoms with Crippen LogP contribution >= 0.6 is 0 Å². The zero-order chi connectivity index (χ0) is 11.4. The molecule has 0 radical (unpaired) electrons. The van der Waals surface area contributed by atoms with Crippen molar-refractivity contribution in [3.63, 3.8) is 0 Å². The molecule has 0 aromatic heterocycles. The number of nitrogens with one attached hydrogen (secondary N) is 1. The van der Waals surface area contributed by atoms with Gasteiger partial charge in [-0.15, -0.1) is 0 Å². The van der Waals surface area contributed by atoms with Crippen molar-refractivity contribution in [2.24, 2.45) is 17.8 Å². The summed E-state index contributed by atoms with van der Waals surface area (Å²) in [5, 5.41) is 12.8. The summed E-state index contributed by atoms with van der Waals surface area (Å²) < 4.78 is 0. The lowest BCUT2D eigenvalue weighted by Crippen LogP contribution is -2.45. The van der Waals surface area contributed by atoms with Gasteiger partial charge in [-0.1, -0.05) is 27.7 Å². The van der Waals surface area contributed by atoms with E-state index in [1.54, 1.807) is 0 Å². The summed E-state index contributed by atoms with van der Waals surface area (Å²) in [5.41, 5.74) is 0. The van der Waals surface area contributed by atoms with E-state index in [0.29, 0.717) is 30.5 Å². The average molecular weight is 213 g/mol. The van der Waals surface area contributed by atoms with E-state index in [-0.39, 0.29) is 0 Å². The molecule has 1 saturated carbocycles. The fourth-order valence-electron chi connectivity index (χ4n) is 2.32. The van der Waals surface area contributed by atoms with E-state index < -0.39 is 0 Å². The van der Waals surface area contributed by atoms with Crippen molar-refractivity contribution in [1.82, 2.24) is 5.32 Å². The molecule has 0 heterocycles. The largest absolute Gasteiger partial charge is 0.396 e. The molecule has 1 fully saturated rings. The Morgan fingerprint density at radius 1 is 1.13 bits per heavy atom. The van der Waals surface area contributed by atoms with Gasteiger partial charge in [-0.25, -0.2) is 0 Å². The van der Waals surface area contributed by atoms with E-state index in [9.17, 15) is 0 Å². The lowest BCUT2D eigenvalue weighted by molar-refractivity contribution is 0.216. The van der Waals surface area contributed by atoms with Gasteiger partial charge in [-0.3, -0.25) is 0 Å². The van der Waals surface area contributed by atoms with Crippen molar-refractivity contribution in [2.45, 2.75) is 59.0 Å². The van der Waals surface area contributed by atoms with E-state index in [4.69, 9.17) is 5.11 Å². The zero-order valence-corrected chi connectivity index (χ0v) is 10.7. The second kappa shape index (κ2) is 5.86. The predicted molar refractivity (Wildman–Crippen MR) is 64.8 cm³/mol. The molecule has 0 aromatic rings. The molecule has 1 rings (SSSR count). The van der Waals surface area contributed by atoms with Gasteiger partial charge < -0.3 is 10.4 Å². The van der Waals surface area contributed by atoms with Gasteiger partial charge in [-0.05, 0) is 37.0 Å². The van der Waals surface area contributed by atoms with Crippen LogP contribution in [0, 0.1) is 17.8 Å². The third kappa shape index (κ3) is 4.12. The first kappa shape index (κ1) is 13.0. The minimum absolute atomic E-state index is 0.297. The molecule has 15 heavy (non-hydrogen) atoms. The number of aliphatic hydroxyl groups is 1. The van der Waals surface area contributed by atoms with E-state index in [1.165, 1.54) is 12.8 Å². The topological polar surface area (TPSA) is 32.3 Å². The molecule has 0 aliphatic heterocycles. The van der Waals surface area contributed by atoms with Crippen LogP contribution in [0.4, 0.5) is 0 Å². The van der Waals surface area contributed by atoms with Gasteiger partial charge in [0.25, 0.3) is 0 Å². The Kier molecular flexibility index (Phi) is 5.07. The van der Waals surface area contributed by atoms with Crippen LogP contribution < -0.4 is 5.32 Å². The number of hydrogen-bond donors (Lipinski definition) is 2. The Morgan fingerprint density at radius 2 is 1.73 bits per heavy atom. The van der Waals surface area contributed by atoms with Gasteiger partial charge in [-0.2, -0.15) is 0 Å².